The fraction of sp³-hybridized carbons (Fsp3) is 0.118. The second-order valence-electron chi connectivity index (χ2n) is 4.82. The first-order chi connectivity index (χ1) is 10.2. The number of nitrogens with two attached hydrogens (primary N) is 1. The third-order valence-corrected chi connectivity index (χ3v) is 3.48. The number of benzene rings is 2. The fourth-order valence-electron chi connectivity index (χ4n) is 2.38. The van der Waals surface area contributed by atoms with E-state index in [1.54, 1.807) is 7.11 Å². The molecule has 0 unspecified atom stereocenters. The van der Waals surface area contributed by atoms with Crippen molar-refractivity contribution in [2.24, 2.45) is 0 Å². The summed E-state index contributed by atoms with van der Waals surface area (Å²) in [5, 5.41) is 4.12. The molecule has 2 aromatic carbocycles. The zero-order valence-electron chi connectivity index (χ0n) is 12.0. The molecule has 3 aromatic rings. The Morgan fingerprint density at radius 1 is 1.10 bits per heavy atom. The molecule has 0 aliphatic carbocycles. The highest BCUT2D eigenvalue weighted by Crippen LogP contribution is 2.38. The molecule has 3 rings (SSSR count). The lowest BCUT2D eigenvalue weighted by Gasteiger charge is -2.07. The zero-order valence-corrected chi connectivity index (χ0v) is 12.0. The Morgan fingerprint density at radius 2 is 1.90 bits per heavy atom. The average molecular weight is 280 g/mol. The van der Waals surface area contributed by atoms with E-state index >= 15 is 0 Å². The van der Waals surface area contributed by atoms with Crippen molar-refractivity contribution in [3.63, 3.8) is 0 Å². The molecule has 1 aromatic heterocycles. The van der Waals surface area contributed by atoms with Crippen molar-refractivity contribution in [3.05, 3.63) is 54.1 Å². The average Bonchev–Trinajstić information content (AvgIpc) is 2.89. The van der Waals surface area contributed by atoms with Gasteiger partial charge < -0.3 is 15.0 Å². The number of methoxy groups -OCH3 is 1. The summed E-state index contributed by atoms with van der Waals surface area (Å²) < 4.78 is 10.5. The summed E-state index contributed by atoms with van der Waals surface area (Å²) in [5.41, 5.74) is 10.6. The van der Waals surface area contributed by atoms with E-state index in [9.17, 15) is 0 Å². The minimum Gasteiger partial charge on any atom is -0.497 e. The fourth-order valence-corrected chi connectivity index (χ4v) is 2.38. The highest BCUT2D eigenvalue weighted by Gasteiger charge is 2.18. The summed E-state index contributed by atoms with van der Waals surface area (Å²) >= 11 is 0. The molecule has 21 heavy (non-hydrogen) atoms. The number of nitrogen functional groups attached to an aromatic ring is 1. The molecule has 0 fully saturated rings. The molecule has 0 aliphatic rings. The molecule has 0 bridgehead atoms. The van der Waals surface area contributed by atoms with Gasteiger partial charge in [-0.1, -0.05) is 41.6 Å². The van der Waals surface area contributed by atoms with Crippen molar-refractivity contribution < 1.29 is 9.26 Å². The molecule has 4 nitrogen and oxygen atoms in total. The van der Waals surface area contributed by atoms with E-state index in [1.807, 2.05) is 55.5 Å². The molecule has 0 amide bonds. The molecule has 2 N–H and O–H groups in total. The molecule has 0 aliphatic heterocycles. The van der Waals surface area contributed by atoms with Crippen LogP contribution < -0.4 is 10.5 Å². The monoisotopic (exact) mass is 280 g/mol. The summed E-state index contributed by atoms with van der Waals surface area (Å²) in [6.07, 6.45) is 0. The largest absolute Gasteiger partial charge is 0.497 e. The Morgan fingerprint density at radius 3 is 2.67 bits per heavy atom. The van der Waals surface area contributed by atoms with Crippen LogP contribution in [0.25, 0.3) is 22.4 Å². The number of nitrogens with zero attached hydrogens (tertiary/aromatic N) is 1. The molecular formula is C17H16N2O2. The van der Waals surface area contributed by atoms with Crippen LogP contribution in [0, 0.1) is 6.92 Å². The zero-order chi connectivity index (χ0) is 14.8. The van der Waals surface area contributed by atoms with Gasteiger partial charge in [0.25, 0.3) is 0 Å². The Kier molecular flexibility index (Phi) is 3.36. The highest BCUT2D eigenvalue weighted by atomic mass is 16.5. The molecule has 4 heteroatoms. The van der Waals surface area contributed by atoms with Gasteiger partial charge in [0.1, 0.15) is 11.4 Å². The van der Waals surface area contributed by atoms with Crippen LogP contribution in [-0.2, 0) is 0 Å². The Bertz CT molecular complexity index is 778. The van der Waals surface area contributed by atoms with Gasteiger partial charge in [-0.2, -0.15) is 0 Å². The maximum Gasteiger partial charge on any atom is 0.230 e. The van der Waals surface area contributed by atoms with Crippen molar-refractivity contribution in [2.75, 3.05) is 12.8 Å². The molecule has 0 radical (unpaired) electrons. The van der Waals surface area contributed by atoms with Gasteiger partial charge in [0.15, 0.2) is 0 Å². The molecule has 0 saturated heterocycles. The van der Waals surface area contributed by atoms with Crippen molar-refractivity contribution in [1.29, 1.82) is 0 Å². The van der Waals surface area contributed by atoms with Gasteiger partial charge in [0, 0.05) is 5.56 Å². The quantitative estimate of drug-likeness (QED) is 0.790. The number of ether oxygens (including phenoxy) is 1. The standard InChI is InChI=1S/C17H16N2O2/c1-11-6-3-4-9-14(11)15-16(19-21-17(15)18)12-7-5-8-13(10-12)20-2/h3-10H,18H2,1-2H3. The second kappa shape index (κ2) is 5.32. The smallest absolute Gasteiger partial charge is 0.230 e. The molecule has 0 atom stereocenters. The molecule has 0 spiro atoms. The SMILES string of the molecule is COc1cccc(-c2noc(N)c2-c2ccccc2C)c1. The lowest BCUT2D eigenvalue weighted by Crippen LogP contribution is -1.90. The van der Waals surface area contributed by atoms with Crippen LogP contribution in [0.4, 0.5) is 5.88 Å². The molecule has 106 valence electrons. The summed E-state index contributed by atoms with van der Waals surface area (Å²) in [6, 6.07) is 15.7. The molecule has 0 saturated carbocycles. The first-order valence-corrected chi connectivity index (χ1v) is 6.66. The predicted molar refractivity (Wildman–Crippen MR) is 83.1 cm³/mol. The summed E-state index contributed by atoms with van der Waals surface area (Å²) in [7, 11) is 1.64. The van der Waals surface area contributed by atoms with Crippen LogP contribution in [-0.4, -0.2) is 12.3 Å². The highest BCUT2D eigenvalue weighted by molar-refractivity contribution is 5.88. The van der Waals surface area contributed by atoms with Crippen LogP contribution >= 0.6 is 0 Å². The van der Waals surface area contributed by atoms with Crippen molar-refractivity contribution in [1.82, 2.24) is 5.16 Å². The van der Waals surface area contributed by atoms with Crippen molar-refractivity contribution >= 4 is 5.88 Å². The first kappa shape index (κ1) is 13.2. The first-order valence-electron chi connectivity index (χ1n) is 6.66. The van der Waals surface area contributed by atoms with Crippen LogP contribution in [0.3, 0.4) is 0 Å². The maximum absolute atomic E-state index is 5.99. The Hall–Kier alpha value is -2.75. The second-order valence-corrected chi connectivity index (χ2v) is 4.82. The van der Waals surface area contributed by atoms with E-state index in [-0.39, 0.29) is 0 Å². The maximum atomic E-state index is 5.99. The van der Waals surface area contributed by atoms with Crippen LogP contribution in [0.15, 0.2) is 53.1 Å². The lowest BCUT2D eigenvalue weighted by atomic mass is 9.97. The topological polar surface area (TPSA) is 61.3 Å². The minimum atomic E-state index is 0.321. The summed E-state index contributed by atoms with van der Waals surface area (Å²) in [5.74, 6) is 1.09. The molecular weight excluding hydrogens is 264 g/mol. The van der Waals surface area contributed by atoms with E-state index in [0.717, 1.165) is 33.7 Å². The van der Waals surface area contributed by atoms with Gasteiger partial charge in [-0.25, -0.2) is 0 Å². The van der Waals surface area contributed by atoms with Crippen molar-refractivity contribution in [2.45, 2.75) is 6.92 Å². The normalized spacial score (nSPS) is 10.6. The van der Waals surface area contributed by atoms with E-state index in [4.69, 9.17) is 15.0 Å². The number of hydrogen-bond donors (Lipinski definition) is 1. The van der Waals surface area contributed by atoms with Crippen LogP contribution in [0.5, 0.6) is 5.75 Å². The molecule has 1 heterocycles. The van der Waals surface area contributed by atoms with E-state index in [0.29, 0.717) is 5.88 Å². The number of aryl methyl sites for hydroxylation is 1. The Labute approximate surface area is 123 Å². The minimum absolute atomic E-state index is 0.321. The third kappa shape index (κ3) is 2.36. The number of rotatable bonds is 3. The van der Waals surface area contributed by atoms with Crippen LogP contribution in [0.2, 0.25) is 0 Å². The van der Waals surface area contributed by atoms with Gasteiger partial charge in [0.05, 0.1) is 12.7 Å². The number of anilines is 1. The number of hydrogen-bond acceptors (Lipinski definition) is 4. The van der Waals surface area contributed by atoms with Crippen molar-refractivity contribution in [3.8, 4) is 28.1 Å². The van der Waals surface area contributed by atoms with E-state index < -0.39 is 0 Å². The van der Waals surface area contributed by atoms with Gasteiger partial charge in [-0.05, 0) is 30.2 Å². The lowest BCUT2D eigenvalue weighted by molar-refractivity contribution is 0.415. The summed E-state index contributed by atoms with van der Waals surface area (Å²) in [6.45, 7) is 2.04. The third-order valence-electron chi connectivity index (χ3n) is 3.48. The predicted octanol–water partition coefficient (Wildman–Crippen LogP) is 3.91. The van der Waals surface area contributed by atoms with E-state index in [1.165, 1.54) is 0 Å². The number of aromatic nitrogens is 1. The van der Waals surface area contributed by atoms with Gasteiger partial charge in [0.2, 0.25) is 5.88 Å². The van der Waals surface area contributed by atoms with Gasteiger partial charge >= 0.3 is 0 Å². The summed E-state index contributed by atoms with van der Waals surface area (Å²) in [4.78, 5) is 0. The van der Waals surface area contributed by atoms with Gasteiger partial charge in [-0.3, -0.25) is 0 Å². The van der Waals surface area contributed by atoms with Gasteiger partial charge in [-0.15, -0.1) is 0 Å². The van der Waals surface area contributed by atoms with Crippen LogP contribution in [0.1, 0.15) is 5.56 Å². The Balaban J connectivity index is 2.20. The van der Waals surface area contributed by atoms with E-state index in [2.05, 4.69) is 5.16 Å².